The first-order valence-corrected chi connectivity index (χ1v) is 21.2. The van der Waals surface area contributed by atoms with Crippen molar-refractivity contribution in [2.45, 2.75) is 0 Å². The summed E-state index contributed by atoms with van der Waals surface area (Å²) in [4.78, 5) is 16.0. The zero-order chi connectivity index (χ0) is 41.4. The van der Waals surface area contributed by atoms with Crippen LogP contribution in [-0.2, 0) is 0 Å². The molecule has 0 atom stereocenters. The molecule has 0 N–H and O–H groups in total. The van der Waals surface area contributed by atoms with E-state index >= 15 is 0 Å². The first-order valence-electron chi connectivity index (χ1n) is 21.2. The predicted octanol–water partition coefficient (Wildman–Crippen LogP) is 14.6. The van der Waals surface area contributed by atoms with Crippen LogP contribution in [0, 0.1) is 0 Å². The molecule has 0 spiro atoms. The van der Waals surface area contributed by atoms with Gasteiger partial charge >= 0.3 is 0 Å². The number of benzene rings is 9. The zero-order valence-corrected chi connectivity index (χ0v) is 33.9. The van der Waals surface area contributed by atoms with Crippen molar-refractivity contribution < 1.29 is 4.42 Å². The van der Waals surface area contributed by atoms with E-state index in [1.165, 1.54) is 10.8 Å². The molecule has 0 aliphatic carbocycles. The maximum atomic E-state index is 6.64. The van der Waals surface area contributed by atoms with Crippen molar-refractivity contribution in [2.75, 3.05) is 0 Å². The van der Waals surface area contributed by atoms with Gasteiger partial charge in [0.05, 0.1) is 27.8 Å². The Labute approximate surface area is 361 Å². The van der Waals surface area contributed by atoms with Crippen molar-refractivity contribution in [1.82, 2.24) is 24.1 Å². The quantitative estimate of drug-likeness (QED) is 0.168. The lowest BCUT2D eigenvalue weighted by Gasteiger charge is -2.16. The molecule has 0 aliphatic heterocycles. The number of rotatable bonds is 6. The Morgan fingerprint density at radius 2 is 0.857 bits per heavy atom. The van der Waals surface area contributed by atoms with Crippen molar-refractivity contribution in [2.24, 2.45) is 0 Å². The number of para-hydroxylation sites is 6. The Balaban J connectivity index is 1.09. The topological polar surface area (TPSA) is 61.7 Å². The highest BCUT2D eigenvalue weighted by Gasteiger charge is 2.23. The molecule has 0 fully saturated rings. The van der Waals surface area contributed by atoms with E-state index in [-0.39, 0.29) is 0 Å². The Kier molecular flexibility index (Phi) is 7.80. The van der Waals surface area contributed by atoms with Gasteiger partial charge in [-0.15, -0.1) is 0 Å². The Morgan fingerprint density at radius 3 is 1.56 bits per heavy atom. The fraction of sp³-hybridized carbons (Fsp3) is 0. The molecule has 0 radical (unpaired) electrons. The second kappa shape index (κ2) is 14.0. The highest BCUT2D eigenvalue weighted by atomic mass is 16.3. The second-order valence-corrected chi connectivity index (χ2v) is 16.0. The van der Waals surface area contributed by atoms with E-state index in [0.29, 0.717) is 17.6 Å². The summed E-state index contributed by atoms with van der Waals surface area (Å²) in [6.07, 6.45) is 0. The number of hydrogen-bond donors (Lipinski definition) is 0. The van der Waals surface area contributed by atoms with Gasteiger partial charge in [0.15, 0.2) is 11.6 Å². The summed E-state index contributed by atoms with van der Waals surface area (Å²) in [6, 6.07) is 74.3. The van der Waals surface area contributed by atoms with Gasteiger partial charge in [-0.1, -0.05) is 170 Å². The molecule has 294 valence electrons. The third kappa shape index (κ3) is 5.48. The van der Waals surface area contributed by atoms with Gasteiger partial charge in [0.25, 0.3) is 0 Å². The SMILES string of the molecule is c1ccc(-c2nc(-c3ccc(-n4c5ccccc5c5ccccc54)c(-c4ccccc4)c3)nc(-n3c4ccccc4c4cccc(-c5cccc6c5oc5ccccc56)c43)n2)cc1. The summed E-state index contributed by atoms with van der Waals surface area (Å²) in [6.45, 7) is 0. The molecule has 6 nitrogen and oxygen atoms in total. The van der Waals surface area contributed by atoms with Crippen molar-refractivity contribution in [1.29, 1.82) is 0 Å². The van der Waals surface area contributed by atoms with E-state index in [4.69, 9.17) is 19.4 Å². The predicted molar refractivity (Wildman–Crippen MR) is 258 cm³/mol. The van der Waals surface area contributed by atoms with Gasteiger partial charge in [-0.05, 0) is 48.0 Å². The number of fused-ring (bicyclic) bond motifs is 9. The second-order valence-electron chi connectivity index (χ2n) is 16.0. The zero-order valence-electron chi connectivity index (χ0n) is 33.9. The molecule has 4 aromatic heterocycles. The molecular formula is C57H35N5O. The minimum Gasteiger partial charge on any atom is -0.455 e. The van der Waals surface area contributed by atoms with Crippen LogP contribution >= 0.6 is 0 Å². The first kappa shape index (κ1) is 35.2. The van der Waals surface area contributed by atoms with E-state index in [0.717, 1.165) is 93.8 Å². The van der Waals surface area contributed by atoms with Crippen molar-refractivity contribution in [3.05, 3.63) is 212 Å². The van der Waals surface area contributed by atoms with E-state index in [2.05, 4.69) is 191 Å². The molecule has 9 aromatic carbocycles. The standard InChI is InChI=1S/C57H35N5O/c1-3-17-36(18-4-1)47-35-38(33-34-51(47)61-48-29-11-7-21-39(48)40-22-8-12-30-49(40)61)56-58-55(37-19-5-2-6-20-37)59-57(60-56)62-50-31-13-9-23-41(50)43-25-15-26-44(53(43)62)46-28-16-27-45-42-24-10-14-32-52(42)63-54(45)46/h1-35H. The van der Waals surface area contributed by atoms with E-state index in [1.54, 1.807) is 0 Å². The van der Waals surface area contributed by atoms with Crippen LogP contribution in [0.2, 0.25) is 0 Å². The van der Waals surface area contributed by atoms with Crippen molar-refractivity contribution in [3.63, 3.8) is 0 Å². The molecule has 0 aliphatic rings. The fourth-order valence-corrected chi connectivity index (χ4v) is 9.61. The van der Waals surface area contributed by atoms with Gasteiger partial charge in [0, 0.05) is 60.1 Å². The largest absolute Gasteiger partial charge is 0.455 e. The summed E-state index contributed by atoms with van der Waals surface area (Å²) in [5.74, 6) is 1.70. The minimum atomic E-state index is 0.530. The van der Waals surface area contributed by atoms with Crippen LogP contribution in [0.15, 0.2) is 217 Å². The third-order valence-electron chi connectivity index (χ3n) is 12.4. The van der Waals surface area contributed by atoms with Gasteiger partial charge in [-0.25, -0.2) is 4.98 Å². The fourth-order valence-electron chi connectivity index (χ4n) is 9.61. The average molecular weight is 806 g/mol. The van der Waals surface area contributed by atoms with E-state index in [1.807, 2.05) is 30.3 Å². The van der Waals surface area contributed by atoms with Crippen molar-refractivity contribution >= 4 is 65.6 Å². The third-order valence-corrected chi connectivity index (χ3v) is 12.4. The summed E-state index contributed by atoms with van der Waals surface area (Å²) < 4.78 is 11.2. The molecule has 63 heavy (non-hydrogen) atoms. The molecule has 0 saturated heterocycles. The Bertz CT molecular complexity index is 3860. The highest BCUT2D eigenvalue weighted by molar-refractivity contribution is 6.17. The lowest BCUT2D eigenvalue weighted by molar-refractivity contribution is 0.670. The van der Waals surface area contributed by atoms with E-state index < -0.39 is 0 Å². The summed E-state index contributed by atoms with van der Waals surface area (Å²) in [5.41, 5.74) is 13.1. The number of aromatic nitrogens is 5. The van der Waals surface area contributed by atoms with Gasteiger partial charge in [-0.3, -0.25) is 4.57 Å². The molecule has 0 bridgehead atoms. The molecule has 13 rings (SSSR count). The van der Waals surface area contributed by atoms with Crippen LogP contribution in [0.25, 0.3) is 122 Å². The van der Waals surface area contributed by atoms with Crippen molar-refractivity contribution in [3.8, 4) is 56.7 Å². The van der Waals surface area contributed by atoms with Crippen LogP contribution in [-0.4, -0.2) is 24.1 Å². The Hall–Kier alpha value is -8.61. The maximum absolute atomic E-state index is 6.64. The molecule has 13 aromatic rings. The van der Waals surface area contributed by atoms with Crippen LogP contribution in [0.1, 0.15) is 0 Å². The summed E-state index contributed by atoms with van der Waals surface area (Å²) >= 11 is 0. The molecule has 4 heterocycles. The number of hydrogen-bond acceptors (Lipinski definition) is 4. The molecule has 0 amide bonds. The Morgan fingerprint density at radius 1 is 0.333 bits per heavy atom. The lowest BCUT2D eigenvalue weighted by atomic mass is 9.99. The lowest BCUT2D eigenvalue weighted by Crippen LogP contribution is -2.07. The smallest absolute Gasteiger partial charge is 0.238 e. The van der Waals surface area contributed by atoms with Gasteiger partial charge in [0.1, 0.15) is 11.2 Å². The number of furan rings is 1. The minimum absolute atomic E-state index is 0.530. The molecular weight excluding hydrogens is 771 g/mol. The van der Waals surface area contributed by atoms with Crippen LogP contribution < -0.4 is 0 Å². The van der Waals surface area contributed by atoms with E-state index in [9.17, 15) is 0 Å². The van der Waals surface area contributed by atoms with Crippen LogP contribution in [0.4, 0.5) is 0 Å². The van der Waals surface area contributed by atoms with Crippen LogP contribution in [0.3, 0.4) is 0 Å². The van der Waals surface area contributed by atoms with Gasteiger partial charge in [0.2, 0.25) is 5.95 Å². The maximum Gasteiger partial charge on any atom is 0.238 e. The highest BCUT2D eigenvalue weighted by Crippen LogP contribution is 2.43. The van der Waals surface area contributed by atoms with Gasteiger partial charge in [-0.2, -0.15) is 9.97 Å². The summed E-state index contributed by atoms with van der Waals surface area (Å²) in [7, 11) is 0. The van der Waals surface area contributed by atoms with Gasteiger partial charge < -0.3 is 8.98 Å². The average Bonchev–Trinajstić information content (AvgIpc) is 4.02. The summed E-state index contributed by atoms with van der Waals surface area (Å²) in [5, 5.41) is 6.81. The molecule has 0 saturated carbocycles. The molecule has 6 heteroatoms. The number of nitrogens with zero attached hydrogens (tertiary/aromatic N) is 5. The molecule has 0 unspecified atom stereocenters. The van der Waals surface area contributed by atoms with Crippen LogP contribution in [0.5, 0.6) is 0 Å². The monoisotopic (exact) mass is 805 g/mol. The first-order chi connectivity index (χ1) is 31.3. The normalized spacial score (nSPS) is 11.8.